The number of nitrogens with zero attached hydrogens (tertiary/aromatic N) is 4. The first-order valence-electron chi connectivity index (χ1n) is 17.5. The number of benzene rings is 8. The SMILES string of the molecule is c1ccc(-c2nc(-c3ccccc3)nc(-n3c4ccc(-c5cccc6c5sc5ccc7ccccc7c56)cc4c4c5ccccc5ccc43)n2)cc1. The van der Waals surface area contributed by atoms with E-state index in [-0.39, 0.29) is 0 Å². The summed E-state index contributed by atoms with van der Waals surface area (Å²) in [5, 5.41) is 9.96. The van der Waals surface area contributed by atoms with E-state index in [2.05, 4.69) is 138 Å². The molecule has 0 aliphatic rings. The van der Waals surface area contributed by atoms with Crippen LogP contribution in [0.15, 0.2) is 170 Å². The standard InChI is InChI=1S/C47H28N4S/c1-3-14-31(15-4-1)45-48-46(32-16-5-2-6-17-32)50-47(49-45)51-39-25-23-33(28-38(39)42-34-18-9-7-12-29(34)22-26-40(42)51)36-20-11-21-37-43-35-19-10-8-13-30(35)24-27-41(43)52-44(36)37/h1-28H. The lowest BCUT2D eigenvalue weighted by Crippen LogP contribution is -2.06. The van der Waals surface area contributed by atoms with E-state index in [4.69, 9.17) is 15.0 Å². The highest BCUT2D eigenvalue weighted by molar-refractivity contribution is 7.26. The number of rotatable bonds is 4. The van der Waals surface area contributed by atoms with Gasteiger partial charge in [0, 0.05) is 42.1 Å². The van der Waals surface area contributed by atoms with Gasteiger partial charge in [-0.15, -0.1) is 11.3 Å². The number of aromatic nitrogens is 4. The zero-order valence-corrected chi connectivity index (χ0v) is 28.7. The average molecular weight is 681 g/mol. The predicted molar refractivity (Wildman–Crippen MR) is 218 cm³/mol. The third-order valence-electron chi connectivity index (χ3n) is 10.2. The molecule has 5 heteroatoms. The van der Waals surface area contributed by atoms with Gasteiger partial charge in [-0.3, -0.25) is 4.57 Å². The Labute approximate surface area is 302 Å². The first kappa shape index (κ1) is 29.1. The van der Waals surface area contributed by atoms with Crippen molar-refractivity contribution in [3.05, 3.63) is 170 Å². The molecule has 11 aromatic rings. The highest BCUT2D eigenvalue weighted by atomic mass is 32.1. The van der Waals surface area contributed by atoms with Gasteiger partial charge >= 0.3 is 0 Å². The third kappa shape index (κ3) is 4.43. The van der Waals surface area contributed by atoms with Crippen molar-refractivity contribution < 1.29 is 0 Å². The van der Waals surface area contributed by atoms with Crippen LogP contribution in [0.1, 0.15) is 0 Å². The molecule has 0 aliphatic carbocycles. The summed E-state index contributed by atoms with van der Waals surface area (Å²) in [5.74, 6) is 1.87. The molecule has 0 amide bonds. The molecule has 0 saturated heterocycles. The smallest absolute Gasteiger partial charge is 0.238 e. The van der Waals surface area contributed by atoms with Crippen LogP contribution in [0, 0.1) is 0 Å². The predicted octanol–water partition coefficient (Wildman–Crippen LogP) is 12.6. The van der Waals surface area contributed by atoms with Crippen molar-refractivity contribution in [3.63, 3.8) is 0 Å². The van der Waals surface area contributed by atoms with Gasteiger partial charge in [-0.05, 0) is 56.9 Å². The lowest BCUT2D eigenvalue weighted by atomic mass is 9.98. The highest BCUT2D eigenvalue weighted by Crippen LogP contribution is 2.44. The molecule has 0 saturated carbocycles. The summed E-state index contributed by atoms with van der Waals surface area (Å²) in [6.07, 6.45) is 0. The van der Waals surface area contributed by atoms with Crippen molar-refractivity contribution in [3.8, 4) is 39.9 Å². The molecule has 11 rings (SSSR count). The van der Waals surface area contributed by atoms with Gasteiger partial charge in [-0.1, -0.05) is 146 Å². The first-order chi connectivity index (χ1) is 25.8. The monoisotopic (exact) mass is 680 g/mol. The molecule has 242 valence electrons. The molecule has 0 N–H and O–H groups in total. The van der Waals surface area contributed by atoms with Gasteiger partial charge in [0.2, 0.25) is 5.95 Å². The van der Waals surface area contributed by atoms with Crippen molar-refractivity contribution in [2.75, 3.05) is 0 Å². The van der Waals surface area contributed by atoms with Crippen LogP contribution in [-0.4, -0.2) is 19.5 Å². The van der Waals surface area contributed by atoms with Crippen molar-refractivity contribution in [2.24, 2.45) is 0 Å². The maximum atomic E-state index is 5.17. The quantitative estimate of drug-likeness (QED) is 0.186. The molecule has 0 aliphatic heterocycles. The zero-order valence-electron chi connectivity index (χ0n) is 27.9. The van der Waals surface area contributed by atoms with E-state index in [0.717, 1.165) is 27.5 Å². The Morgan fingerprint density at radius 1 is 0.404 bits per heavy atom. The van der Waals surface area contributed by atoms with Gasteiger partial charge in [-0.25, -0.2) is 4.98 Å². The minimum absolute atomic E-state index is 0.592. The Kier molecular flexibility index (Phi) is 6.39. The summed E-state index contributed by atoms with van der Waals surface area (Å²) >= 11 is 1.88. The number of fused-ring (bicyclic) bond motifs is 10. The van der Waals surface area contributed by atoms with Crippen LogP contribution in [0.4, 0.5) is 0 Å². The van der Waals surface area contributed by atoms with Gasteiger partial charge in [0.1, 0.15) is 0 Å². The molecular weight excluding hydrogens is 653 g/mol. The van der Waals surface area contributed by atoms with Gasteiger partial charge in [0.25, 0.3) is 0 Å². The number of hydrogen-bond donors (Lipinski definition) is 0. The summed E-state index contributed by atoms with van der Waals surface area (Å²) in [5.41, 5.74) is 6.42. The van der Waals surface area contributed by atoms with Crippen molar-refractivity contribution >= 4 is 74.9 Å². The molecule has 4 nitrogen and oxygen atoms in total. The highest BCUT2D eigenvalue weighted by Gasteiger charge is 2.21. The van der Waals surface area contributed by atoms with E-state index < -0.39 is 0 Å². The first-order valence-corrected chi connectivity index (χ1v) is 18.3. The van der Waals surface area contributed by atoms with Crippen LogP contribution in [0.25, 0.3) is 103 Å². The number of thiophene rings is 1. The average Bonchev–Trinajstić information content (AvgIpc) is 3.77. The molecular formula is C47H28N4S. The molecule has 0 bridgehead atoms. The summed E-state index contributed by atoms with van der Waals surface area (Å²) in [6, 6.07) is 60.2. The van der Waals surface area contributed by atoms with Gasteiger partial charge < -0.3 is 0 Å². The maximum Gasteiger partial charge on any atom is 0.238 e. The number of hydrogen-bond acceptors (Lipinski definition) is 4. The Hall–Kier alpha value is -6.69. The molecule has 0 atom stereocenters. The van der Waals surface area contributed by atoms with Crippen LogP contribution in [-0.2, 0) is 0 Å². The van der Waals surface area contributed by atoms with E-state index >= 15 is 0 Å². The maximum absolute atomic E-state index is 5.17. The minimum atomic E-state index is 0.592. The zero-order chi connectivity index (χ0) is 34.2. The topological polar surface area (TPSA) is 43.6 Å². The summed E-state index contributed by atoms with van der Waals surface area (Å²) in [6.45, 7) is 0. The summed E-state index contributed by atoms with van der Waals surface area (Å²) in [4.78, 5) is 15.3. The molecule has 0 fully saturated rings. The molecule has 0 radical (unpaired) electrons. The molecule has 3 aromatic heterocycles. The van der Waals surface area contributed by atoms with E-state index in [9.17, 15) is 0 Å². The Balaban J connectivity index is 1.20. The van der Waals surface area contributed by atoms with Gasteiger partial charge in [-0.2, -0.15) is 9.97 Å². The van der Waals surface area contributed by atoms with E-state index in [1.165, 1.54) is 58.2 Å². The van der Waals surface area contributed by atoms with Gasteiger partial charge in [0.15, 0.2) is 11.6 Å². The Morgan fingerprint density at radius 3 is 1.71 bits per heavy atom. The fraction of sp³-hybridized carbons (Fsp3) is 0. The molecule has 0 spiro atoms. The molecule has 8 aromatic carbocycles. The Morgan fingerprint density at radius 2 is 1.00 bits per heavy atom. The van der Waals surface area contributed by atoms with E-state index in [0.29, 0.717) is 17.6 Å². The summed E-state index contributed by atoms with van der Waals surface area (Å²) in [7, 11) is 0. The van der Waals surface area contributed by atoms with Crippen molar-refractivity contribution in [2.45, 2.75) is 0 Å². The second-order valence-electron chi connectivity index (χ2n) is 13.2. The summed E-state index contributed by atoms with van der Waals surface area (Å²) < 4.78 is 4.83. The van der Waals surface area contributed by atoms with Crippen LogP contribution < -0.4 is 0 Å². The molecule has 0 unspecified atom stereocenters. The van der Waals surface area contributed by atoms with Crippen molar-refractivity contribution in [1.82, 2.24) is 19.5 Å². The molecule has 52 heavy (non-hydrogen) atoms. The van der Waals surface area contributed by atoms with E-state index in [1.54, 1.807) is 0 Å². The van der Waals surface area contributed by atoms with Crippen LogP contribution >= 0.6 is 11.3 Å². The van der Waals surface area contributed by atoms with Crippen LogP contribution in [0.3, 0.4) is 0 Å². The minimum Gasteiger partial charge on any atom is -0.278 e. The normalized spacial score (nSPS) is 11.8. The molecule has 3 heterocycles. The lowest BCUT2D eigenvalue weighted by Gasteiger charge is -2.11. The third-order valence-corrected chi connectivity index (χ3v) is 11.4. The van der Waals surface area contributed by atoms with Crippen LogP contribution in [0.5, 0.6) is 0 Å². The largest absolute Gasteiger partial charge is 0.278 e. The second-order valence-corrected chi connectivity index (χ2v) is 14.3. The van der Waals surface area contributed by atoms with Crippen molar-refractivity contribution in [1.29, 1.82) is 0 Å². The lowest BCUT2D eigenvalue weighted by molar-refractivity contribution is 0.953. The Bertz CT molecular complexity index is 3120. The fourth-order valence-corrected chi connectivity index (χ4v) is 9.12. The second kappa shape index (κ2) is 11.4. The fourth-order valence-electron chi connectivity index (χ4n) is 7.87. The van der Waals surface area contributed by atoms with E-state index in [1.807, 2.05) is 47.7 Å². The van der Waals surface area contributed by atoms with Gasteiger partial charge in [0.05, 0.1) is 11.0 Å². The van der Waals surface area contributed by atoms with Crippen LogP contribution in [0.2, 0.25) is 0 Å².